The minimum absolute atomic E-state index is 0.0595. The molecule has 1 N–H and O–H groups in total. The van der Waals surface area contributed by atoms with Gasteiger partial charge in [-0.3, -0.25) is 19.2 Å². The van der Waals surface area contributed by atoms with E-state index in [4.69, 9.17) is 9.47 Å². The Morgan fingerprint density at radius 2 is 1.65 bits per heavy atom. The first-order valence-corrected chi connectivity index (χ1v) is 8.08. The Morgan fingerprint density at radius 1 is 1.04 bits per heavy atom. The molecule has 0 aliphatic heterocycles. The van der Waals surface area contributed by atoms with Crippen LogP contribution in [0.15, 0.2) is 40.1 Å². The van der Waals surface area contributed by atoms with E-state index in [1.165, 1.54) is 22.9 Å². The van der Waals surface area contributed by atoms with Crippen molar-refractivity contribution in [3.8, 4) is 5.75 Å². The minimum Gasteiger partial charge on any atom is -0.504 e. The van der Waals surface area contributed by atoms with Crippen LogP contribution in [-0.4, -0.2) is 34.8 Å². The average Bonchev–Trinajstić information content (AvgIpc) is 2.75. The van der Waals surface area contributed by atoms with Crippen LogP contribution >= 0.6 is 0 Å². The quantitative estimate of drug-likeness (QED) is 0.598. The van der Waals surface area contributed by atoms with Crippen LogP contribution in [0.3, 0.4) is 0 Å². The molecule has 8 nitrogen and oxygen atoms in total. The van der Waals surface area contributed by atoms with Crippen LogP contribution in [0.25, 0.3) is 10.9 Å². The molecule has 0 aliphatic carbocycles. The Kier molecular flexibility index (Phi) is 6.11. The zero-order chi connectivity index (χ0) is 19.3. The highest BCUT2D eigenvalue weighted by atomic mass is 16.6. The number of hydrogen-bond acceptors (Lipinski definition) is 7. The first-order chi connectivity index (χ1) is 12.4. The normalized spacial score (nSPS) is 10.7. The predicted molar refractivity (Wildman–Crippen MR) is 92.9 cm³/mol. The first-order valence-electron chi connectivity index (χ1n) is 8.08. The molecule has 0 aliphatic rings. The molecule has 0 unspecified atom stereocenters. The summed E-state index contributed by atoms with van der Waals surface area (Å²) in [5.74, 6) is -3.23. The summed E-state index contributed by atoms with van der Waals surface area (Å²) in [5, 5.41) is 9.66. The molecule has 1 aromatic carbocycles. The van der Waals surface area contributed by atoms with Gasteiger partial charge in [-0.1, -0.05) is 0 Å². The van der Waals surface area contributed by atoms with Gasteiger partial charge in [-0.15, -0.1) is 0 Å². The maximum Gasteiger partial charge on any atom is 0.322 e. The number of nitrogens with zero attached hydrogens (tertiary/aromatic N) is 1. The Morgan fingerprint density at radius 3 is 2.23 bits per heavy atom. The second-order valence-corrected chi connectivity index (χ2v) is 5.42. The summed E-state index contributed by atoms with van der Waals surface area (Å²) in [7, 11) is 0. The van der Waals surface area contributed by atoms with Crippen LogP contribution in [0.1, 0.15) is 13.8 Å². The van der Waals surface area contributed by atoms with E-state index in [9.17, 15) is 24.3 Å². The van der Waals surface area contributed by atoms with Crippen LogP contribution in [0.4, 0.5) is 0 Å². The van der Waals surface area contributed by atoms with Gasteiger partial charge in [-0.05, 0) is 26.0 Å². The second kappa shape index (κ2) is 8.28. The molecule has 26 heavy (non-hydrogen) atoms. The molecular formula is C18H19NO7. The molecular weight excluding hydrogens is 342 g/mol. The Hall–Kier alpha value is -3.16. The molecule has 2 aromatic rings. The number of pyridine rings is 1. The van der Waals surface area contributed by atoms with Crippen LogP contribution < -0.4 is 10.9 Å². The third-order valence-electron chi connectivity index (χ3n) is 3.71. The lowest BCUT2D eigenvalue weighted by Gasteiger charge is -2.17. The molecule has 0 spiro atoms. The van der Waals surface area contributed by atoms with E-state index >= 15 is 0 Å². The van der Waals surface area contributed by atoms with Crippen molar-refractivity contribution in [3.05, 3.63) is 50.9 Å². The second-order valence-electron chi connectivity index (χ2n) is 5.42. The standard InChI is InChI=1S/C18H19NO7/c1-3-25-17(23)12(18(24)26-4-2)10-19-8-7-14(20)11-9-16(22)15(21)6-5-13(11)19/h5-9,12H,3-4,10H2,1-2H3,(H,21,22). The number of rotatable bonds is 6. The predicted octanol–water partition coefficient (Wildman–Crippen LogP) is 0.810. The average molecular weight is 361 g/mol. The number of esters is 2. The van der Waals surface area contributed by atoms with Gasteiger partial charge in [-0.2, -0.15) is 0 Å². The maximum absolute atomic E-state index is 12.1. The van der Waals surface area contributed by atoms with E-state index in [1.807, 2.05) is 0 Å². The highest BCUT2D eigenvalue weighted by Crippen LogP contribution is 2.14. The van der Waals surface area contributed by atoms with Gasteiger partial charge in [-0.25, -0.2) is 0 Å². The molecule has 1 aromatic heterocycles. The fraction of sp³-hybridized carbons (Fsp3) is 0.333. The van der Waals surface area contributed by atoms with Gasteiger partial charge in [0.15, 0.2) is 17.1 Å². The zero-order valence-electron chi connectivity index (χ0n) is 14.4. The molecule has 0 saturated heterocycles. The van der Waals surface area contributed by atoms with Crippen LogP contribution in [-0.2, 0) is 25.6 Å². The van der Waals surface area contributed by atoms with E-state index in [0.29, 0.717) is 0 Å². The Labute approximate surface area is 148 Å². The molecule has 138 valence electrons. The fourth-order valence-electron chi connectivity index (χ4n) is 2.47. The van der Waals surface area contributed by atoms with Crippen LogP contribution in [0, 0.1) is 5.92 Å². The summed E-state index contributed by atoms with van der Waals surface area (Å²) in [5.41, 5.74) is -0.844. The lowest BCUT2D eigenvalue weighted by Crippen LogP contribution is -2.32. The van der Waals surface area contributed by atoms with Gasteiger partial charge in [0.25, 0.3) is 0 Å². The SMILES string of the molecule is CCOC(=O)C(Cn1ccc(=O)c2cc(=O)c(O)ccc21)C(=O)OCC. The van der Waals surface area contributed by atoms with Gasteiger partial charge in [0, 0.05) is 30.3 Å². The van der Waals surface area contributed by atoms with Crippen molar-refractivity contribution in [1.29, 1.82) is 0 Å². The Balaban J connectivity index is 2.57. The Bertz CT molecular complexity index is 930. The molecule has 2 rings (SSSR count). The van der Waals surface area contributed by atoms with Gasteiger partial charge >= 0.3 is 11.9 Å². The van der Waals surface area contributed by atoms with E-state index in [1.54, 1.807) is 13.8 Å². The largest absolute Gasteiger partial charge is 0.504 e. The van der Waals surface area contributed by atoms with Gasteiger partial charge in [0.2, 0.25) is 5.43 Å². The third kappa shape index (κ3) is 4.08. The van der Waals surface area contributed by atoms with Crippen molar-refractivity contribution in [2.75, 3.05) is 13.2 Å². The number of aromatic nitrogens is 1. The van der Waals surface area contributed by atoms with Crippen molar-refractivity contribution >= 4 is 22.8 Å². The zero-order valence-corrected chi connectivity index (χ0v) is 14.4. The summed E-state index contributed by atoms with van der Waals surface area (Å²) in [6.07, 6.45) is 1.40. The molecule has 0 saturated carbocycles. The van der Waals surface area contributed by atoms with Crippen molar-refractivity contribution < 1.29 is 24.2 Å². The van der Waals surface area contributed by atoms with Crippen LogP contribution in [0.2, 0.25) is 0 Å². The fourth-order valence-corrected chi connectivity index (χ4v) is 2.47. The number of hydrogen-bond donors (Lipinski definition) is 1. The highest BCUT2D eigenvalue weighted by Gasteiger charge is 2.30. The monoisotopic (exact) mass is 361 g/mol. The van der Waals surface area contributed by atoms with Crippen molar-refractivity contribution in [2.24, 2.45) is 5.92 Å². The van der Waals surface area contributed by atoms with Crippen molar-refractivity contribution in [2.45, 2.75) is 20.4 Å². The molecule has 0 amide bonds. The molecule has 0 atom stereocenters. The lowest BCUT2D eigenvalue weighted by molar-refractivity contribution is -0.162. The number of fused-ring (bicyclic) bond motifs is 1. The number of ether oxygens (including phenoxy) is 2. The van der Waals surface area contributed by atoms with E-state index in [0.717, 1.165) is 12.1 Å². The van der Waals surface area contributed by atoms with E-state index in [-0.39, 0.29) is 30.7 Å². The lowest BCUT2D eigenvalue weighted by atomic mass is 10.1. The summed E-state index contributed by atoms with van der Waals surface area (Å²) >= 11 is 0. The number of aromatic hydroxyl groups is 1. The molecule has 1 heterocycles. The minimum atomic E-state index is -1.23. The molecule has 0 radical (unpaired) electrons. The molecule has 0 fully saturated rings. The van der Waals surface area contributed by atoms with Gasteiger partial charge < -0.3 is 19.1 Å². The van der Waals surface area contributed by atoms with E-state index < -0.39 is 34.5 Å². The summed E-state index contributed by atoms with van der Waals surface area (Å²) < 4.78 is 11.3. The first kappa shape index (κ1) is 19.2. The van der Waals surface area contributed by atoms with Crippen molar-refractivity contribution in [3.63, 3.8) is 0 Å². The van der Waals surface area contributed by atoms with Gasteiger partial charge in [0.05, 0.1) is 18.7 Å². The number of carbonyl (C=O) groups excluding carboxylic acids is 2. The molecule has 8 heteroatoms. The maximum atomic E-state index is 12.1. The van der Waals surface area contributed by atoms with E-state index in [2.05, 4.69) is 0 Å². The third-order valence-corrected chi connectivity index (χ3v) is 3.71. The smallest absolute Gasteiger partial charge is 0.322 e. The molecule has 0 bridgehead atoms. The topological polar surface area (TPSA) is 112 Å². The number of carbonyl (C=O) groups is 2. The summed E-state index contributed by atoms with van der Waals surface area (Å²) in [4.78, 5) is 48.1. The van der Waals surface area contributed by atoms with Crippen LogP contribution in [0.5, 0.6) is 5.75 Å². The van der Waals surface area contributed by atoms with Gasteiger partial charge in [0.1, 0.15) is 0 Å². The summed E-state index contributed by atoms with van der Waals surface area (Å²) in [6.45, 7) is 3.29. The summed E-state index contributed by atoms with van der Waals surface area (Å²) in [6, 6.07) is 4.77. The van der Waals surface area contributed by atoms with Crippen molar-refractivity contribution in [1.82, 2.24) is 4.57 Å². The highest BCUT2D eigenvalue weighted by molar-refractivity contribution is 5.95.